The second kappa shape index (κ2) is 5.31. The maximum absolute atomic E-state index is 10.6. The van der Waals surface area contributed by atoms with Gasteiger partial charge in [0.25, 0.3) is 5.69 Å². The zero-order valence-corrected chi connectivity index (χ0v) is 7.90. The SMILES string of the molecule is CCONCc1ccccc1[N+](=O)[O-]. The monoisotopic (exact) mass is 196 g/mol. The molecule has 0 fully saturated rings. The molecule has 1 rings (SSSR count). The first-order valence-corrected chi connectivity index (χ1v) is 4.32. The molecule has 0 aromatic heterocycles. The van der Waals surface area contributed by atoms with Crippen molar-refractivity contribution in [3.63, 3.8) is 0 Å². The van der Waals surface area contributed by atoms with Crippen LogP contribution < -0.4 is 5.48 Å². The van der Waals surface area contributed by atoms with E-state index < -0.39 is 4.92 Å². The van der Waals surface area contributed by atoms with Gasteiger partial charge in [-0.05, 0) is 6.92 Å². The summed E-state index contributed by atoms with van der Waals surface area (Å²) in [6, 6.07) is 6.57. The Balaban J connectivity index is 2.69. The number of rotatable bonds is 5. The van der Waals surface area contributed by atoms with E-state index in [1.54, 1.807) is 18.2 Å². The lowest BCUT2D eigenvalue weighted by molar-refractivity contribution is -0.385. The molecule has 5 heteroatoms. The van der Waals surface area contributed by atoms with Gasteiger partial charge in [0.2, 0.25) is 0 Å². The predicted molar refractivity (Wildman–Crippen MR) is 51.6 cm³/mol. The van der Waals surface area contributed by atoms with E-state index in [2.05, 4.69) is 5.48 Å². The fraction of sp³-hybridized carbons (Fsp3) is 0.333. The molecule has 0 saturated carbocycles. The summed E-state index contributed by atoms with van der Waals surface area (Å²) in [6.07, 6.45) is 0. The van der Waals surface area contributed by atoms with Crippen molar-refractivity contribution in [2.24, 2.45) is 0 Å². The fourth-order valence-electron chi connectivity index (χ4n) is 1.07. The molecule has 0 heterocycles. The number of para-hydroxylation sites is 1. The topological polar surface area (TPSA) is 64.4 Å². The minimum absolute atomic E-state index is 0.111. The molecular weight excluding hydrogens is 184 g/mol. The van der Waals surface area contributed by atoms with Crippen LogP contribution in [-0.4, -0.2) is 11.5 Å². The lowest BCUT2D eigenvalue weighted by atomic mass is 10.2. The van der Waals surface area contributed by atoms with Crippen molar-refractivity contribution in [3.05, 3.63) is 39.9 Å². The molecule has 1 N–H and O–H groups in total. The van der Waals surface area contributed by atoms with E-state index in [1.807, 2.05) is 6.92 Å². The van der Waals surface area contributed by atoms with Crippen LogP contribution in [0.4, 0.5) is 5.69 Å². The molecule has 0 aliphatic rings. The molecule has 1 aromatic rings. The van der Waals surface area contributed by atoms with Crippen LogP contribution in [0.15, 0.2) is 24.3 Å². The van der Waals surface area contributed by atoms with Crippen molar-refractivity contribution in [2.45, 2.75) is 13.5 Å². The Hall–Kier alpha value is -1.46. The molecular formula is C9H12N2O3. The van der Waals surface area contributed by atoms with Crippen molar-refractivity contribution in [1.29, 1.82) is 0 Å². The maximum Gasteiger partial charge on any atom is 0.273 e. The first-order chi connectivity index (χ1) is 6.75. The third kappa shape index (κ3) is 2.79. The zero-order chi connectivity index (χ0) is 10.4. The average molecular weight is 196 g/mol. The molecule has 0 saturated heterocycles. The van der Waals surface area contributed by atoms with Crippen molar-refractivity contribution in [1.82, 2.24) is 5.48 Å². The van der Waals surface area contributed by atoms with E-state index >= 15 is 0 Å². The molecule has 5 nitrogen and oxygen atoms in total. The van der Waals surface area contributed by atoms with Gasteiger partial charge in [-0.3, -0.25) is 10.1 Å². The number of hydrogen-bond acceptors (Lipinski definition) is 4. The fourth-order valence-corrected chi connectivity index (χ4v) is 1.07. The van der Waals surface area contributed by atoms with Gasteiger partial charge in [0, 0.05) is 11.6 Å². The summed E-state index contributed by atoms with van der Waals surface area (Å²) in [5.74, 6) is 0. The zero-order valence-electron chi connectivity index (χ0n) is 7.90. The summed E-state index contributed by atoms with van der Waals surface area (Å²) in [5.41, 5.74) is 3.37. The molecule has 14 heavy (non-hydrogen) atoms. The van der Waals surface area contributed by atoms with E-state index in [9.17, 15) is 10.1 Å². The summed E-state index contributed by atoms with van der Waals surface area (Å²) in [7, 11) is 0. The summed E-state index contributed by atoms with van der Waals surface area (Å²) < 4.78 is 0. The number of nitrogens with one attached hydrogen (secondary N) is 1. The lowest BCUT2D eigenvalue weighted by Gasteiger charge is -2.03. The number of hydrogen-bond donors (Lipinski definition) is 1. The van der Waals surface area contributed by atoms with Crippen LogP contribution in [-0.2, 0) is 11.4 Å². The quantitative estimate of drug-likeness (QED) is 0.441. The molecule has 0 unspecified atom stereocenters. The van der Waals surface area contributed by atoms with Crippen molar-refractivity contribution < 1.29 is 9.76 Å². The molecule has 0 radical (unpaired) electrons. The lowest BCUT2D eigenvalue weighted by Crippen LogP contribution is -2.14. The van der Waals surface area contributed by atoms with Crippen LogP contribution in [0.25, 0.3) is 0 Å². The molecule has 1 aromatic carbocycles. The molecule has 0 spiro atoms. The van der Waals surface area contributed by atoms with Gasteiger partial charge in [-0.2, -0.15) is 5.48 Å². The summed E-state index contributed by atoms with van der Waals surface area (Å²) >= 11 is 0. The smallest absolute Gasteiger partial charge is 0.273 e. The van der Waals surface area contributed by atoms with Gasteiger partial charge in [-0.1, -0.05) is 18.2 Å². The number of nitrogens with zero attached hydrogens (tertiary/aromatic N) is 1. The van der Waals surface area contributed by atoms with Gasteiger partial charge in [-0.15, -0.1) is 0 Å². The minimum atomic E-state index is -0.400. The Bertz CT molecular complexity index is 315. The molecule has 76 valence electrons. The molecule has 0 bridgehead atoms. The Morgan fingerprint density at radius 1 is 1.50 bits per heavy atom. The van der Waals surface area contributed by atoms with Crippen molar-refractivity contribution in [2.75, 3.05) is 6.61 Å². The molecule has 0 aliphatic heterocycles. The number of nitro benzene ring substituents is 1. The number of benzene rings is 1. The third-order valence-corrected chi connectivity index (χ3v) is 1.70. The molecule has 0 aliphatic carbocycles. The standard InChI is InChI=1S/C9H12N2O3/c1-2-14-10-7-8-5-3-4-6-9(8)11(12)13/h3-6,10H,2,7H2,1H3. The number of hydroxylamine groups is 1. The van der Waals surface area contributed by atoms with Gasteiger partial charge in [-0.25, -0.2) is 0 Å². The van der Waals surface area contributed by atoms with Crippen LogP contribution in [0, 0.1) is 10.1 Å². The van der Waals surface area contributed by atoms with Gasteiger partial charge < -0.3 is 4.84 Å². The molecule has 0 atom stereocenters. The highest BCUT2D eigenvalue weighted by Crippen LogP contribution is 2.16. The van der Waals surface area contributed by atoms with E-state index in [0.717, 1.165) is 0 Å². The minimum Gasteiger partial charge on any atom is -0.302 e. The van der Waals surface area contributed by atoms with Crippen LogP contribution in [0.3, 0.4) is 0 Å². The normalized spacial score (nSPS) is 10.1. The second-order valence-electron chi connectivity index (χ2n) is 2.64. The first-order valence-electron chi connectivity index (χ1n) is 4.32. The van der Waals surface area contributed by atoms with Gasteiger partial charge in [0.05, 0.1) is 18.1 Å². The predicted octanol–water partition coefficient (Wildman–Crippen LogP) is 1.64. The summed E-state index contributed by atoms with van der Waals surface area (Å²) in [6.45, 7) is 2.71. The third-order valence-electron chi connectivity index (χ3n) is 1.70. The van der Waals surface area contributed by atoms with E-state index in [-0.39, 0.29) is 5.69 Å². The molecule has 0 amide bonds. The second-order valence-corrected chi connectivity index (χ2v) is 2.64. The van der Waals surface area contributed by atoms with Crippen molar-refractivity contribution >= 4 is 5.69 Å². The van der Waals surface area contributed by atoms with Gasteiger partial charge in [0.1, 0.15) is 0 Å². The van der Waals surface area contributed by atoms with E-state index in [4.69, 9.17) is 4.84 Å². The largest absolute Gasteiger partial charge is 0.302 e. The van der Waals surface area contributed by atoms with Crippen LogP contribution >= 0.6 is 0 Å². The Morgan fingerprint density at radius 3 is 2.86 bits per heavy atom. The summed E-state index contributed by atoms with van der Waals surface area (Å²) in [4.78, 5) is 15.1. The highest BCUT2D eigenvalue weighted by atomic mass is 16.6. The van der Waals surface area contributed by atoms with E-state index in [1.165, 1.54) is 6.07 Å². The van der Waals surface area contributed by atoms with E-state index in [0.29, 0.717) is 18.7 Å². The average Bonchev–Trinajstić information content (AvgIpc) is 2.19. The first kappa shape index (κ1) is 10.6. The van der Waals surface area contributed by atoms with Gasteiger partial charge >= 0.3 is 0 Å². The Morgan fingerprint density at radius 2 is 2.21 bits per heavy atom. The number of nitro groups is 1. The van der Waals surface area contributed by atoms with Crippen LogP contribution in [0.5, 0.6) is 0 Å². The van der Waals surface area contributed by atoms with Crippen LogP contribution in [0.2, 0.25) is 0 Å². The maximum atomic E-state index is 10.6. The highest BCUT2D eigenvalue weighted by Gasteiger charge is 2.10. The van der Waals surface area contributed by atoms with Crippen LogP contribution in [0.1, 0.15) is 12.5 Å². The highest BCUT2D eigenvalue weighted by molar-refractivity contribution is 5.39. The summed E-state index contributed by atoms with van der Waals surface area (Å²) in [5, 5.41) is 10.6. The van der Waals surface area contributed by atoms with Gasteiger partial charge in [0.15, 0.2) is 0 Å². The van der Waals surface area contributed by atoms with Crippen molar-refractivity contribution in [3.8, 4) is 0 Å². The Labute approximate surface area is 81.8 Å². The Kier molecular flexibility index (Phi) is 4.03.